The summed E-state index contributed by atoms with van der Waals surface area (Å²) in [7, 11) is 0. The van der Waals surface area contributed by atoms with E-state index in [0.29, 0.717) is 15.8 Å². The van der Waals surface area contributed by atoms with Crippen LogP contribution in [0.4, 0.5) is 0 Å². The van der Waals surface area contributed by atoms with Gasteiger partial charge in [-0.1, -0.05) is 36.4 Å². The van der Waals surface area contributed by atoms with Crippen LogP contribution in [0.3, 0.4) is 0 Å². The largest absolute Gasteiger partial charge is 0.281 e. The van der Waals surface area contributed by atoms with Crippen LogP contribution in [0.5, 0.6) is 0 Å². The first-order chi connectivity index (χ1) is 13.6. The number of carbonyl (C=O) groups excluding carboxylic acids is 1. The van der Waals surface area contributed by atoms with Gasteiger partial charge in [0.1, 0.15) is 11.2 Å². The average Bonchev–Trinajstić information content (AvgIpc) is 3.07. The number of fused-ring (bicyclic) bond motifs is 1. The van der Waals surface area contributed by atoms with E-state index in [0.717, 1.165) is 20.7 Å². The van der Waals surface area contributed by atoms with E-state index in [9.17, 15) is 9.59 Å². The molecule has 28 heavy (non-hydrogen) atoms. The first-order valence-electron chi connectivity index (χ1n) is 8.46. The SMILES string of the molecule is Cc1sc2ncn(NC(=O)c3cccc(C#N)c3)c(=O)c2c1-c1ccccc1. The molecule has 6 nitrogen and oxygen atoms in total. The van der Waals surface area contributed by atoms with Gasteiger partial charge in [-0.15, -0.1) is 11.3 Å². The van der Waals surface area contributed by atoms with Crippen LogP contribution in [0, 0.1) is 18.3 Å². The van der Waals surface area contributed by atoms with E-state index in [1.54, 1.807) is 18.2 Å². The number of benzene rings is 2. The standard InChI is InChI=1S/C21H14N4O2S/c1-13-17(15-7-3-2-4-8-15)18-20(28-13)23-12-25(21(18)27)24-19(26)16-9-5-6-14(10-16)11-22/h2-10,12H,1H3,(H,24,26). The molecular formula is C21H14N4O2S. The molecule has 0 aliphatic carbocycles. The molecule has 0 unspecified atom stereocenters. The number of nitrogens with one attached hydrogen (secondary N) is 1. The minimum atomic E-state index is -0.492. The first kappa shape index (κ1) is 17.6. The number of carbonyl (C=O) groups is 1. The summed E-state index contributed by atoms with van der Waals surface area (Å²) >= 11 is 1.44. The van der Waals surface area contributed by atoms with Crippen LogP contribution in [-0.2, 0) is 0 Å². The summed E-state index contributed by atoms with van der Waals surface area (Å²) in [5.41, 5.74) is 4.62. The van der Waals surface area contributed by atoms with E-state index in [1.165, 1.54) is 23.7 Å². The number of hydrogen-bond donors (Lipinski definition) is 1. The molecule has 0 fully saturated rings. The quantitative estimate of drug-likeness (QED) is 0.582. The van der Waals surface area contributed by atoms with Gasteiger partial charge in [0.05, 0.1) is 17.0 Å². The minimum absolute atomic E-state index is 0.288. The zero-order valence-electron chi connectivity index (χ0n) is 14.8. The normalized spacial score (nSPS) is 10.6. The molecule has 2 aromatic heterocycles. The molecule has 1 N–H and O–H groups in total. The maximum Gasteiger partial charge on any atom is 0.281 e. The van der Waals surface area contributed by atoms with Crippen molar-refractivity contribution < 1.29 is 4.79 Å². The van der Waals surface area contributed by atoms with Crippen LogP contribution >= 0.6 is 11.3 Å². The lowest BCUT2D eigenvalue weighted by atomic mass is 10.0. The van der Waals surface area contributed by atoms with E-state index >= 15 is 0 Å². The Morgan fingerprint density at radius 1 is 1.18 bits per heavy atom. The fourth-order valence-corrected chi connectivity index (χ4v) is 4.04. The van der Waals surface area contributed by atoms with E-state index in [2.05, 4.69) is 10.4 Å². The van der Waals surface area contributed by atoms with Crippen LogP contribution in [0.25, 0.3) is 21.3 Å². The summed E-state index contributed by atoms with van der Waals surface area (Å²) in [6.07, 6.45) is 1.31. The van der Waals surface area contributed by atoms with Crippen molar-refractivity contribution in [3.8, 4) is 17.2 Å². The first-order valence-corrected chi connectivity index (χ1v) is 9.28. The third-order valence-corrected chi connectivity index (χ3v) is 5.34. The molecule has 0 bridgehead atoms. The molecule has 136 valence electrons. The predicted octanol–water partition coefficient (Wildman–Crippen LogP) is 3.69. The second kappa shape index (κ2) is 7.10. The number of nitriles is 1. The predicted molar refractivity (Wildman–Crippen MR) is 109 cm³/mol. The van der Waals surface area contributed by atoms with Crippen molar-refractivity contribution in [1.82, 2.24) is 9.66 Å². The summed E-state index contributed by atoms with van der Waals surface area (Å²) in [5.74, 6) is -0.492. The number of aryl methyl sites for hydroxylation is 1. The molecule has 7 heteroatoms. The van der Waals surface area contributed by atoms with Gasteiger partial charge in [-0.3, -0.25) is 15.0 Å². The Hall–Kier alpha value is -3.76. The van der Waals surface area contributed by atoms with Gasteiger partial charge < -0.3 is 0 Å². The lowest BCUT2D eigenvalue weighted by Crippen LogP contribution is -2.33. The Labute approximate surface area is 164 Å². The van der Waals surface area contributed by atoms with Crippen molar-refractivity contribution in [1.29, 1.82) is 5.26 Å². The molecule has 0 aliphatic rings. The van der Waals surface area contributed by atoms with Gasteiger partial charge in [-0.2, -0.15) is 5.26 Å². The topological polar surface area (TPSA) is 87.8 Å². The van der Waals surface area contributed by atoms with Crippen LogP contribution in [0.15, 0.2) is 65.7 Å². The molecule has 2 heterocycles. The Kier molecular flexibility index (Phi) is 4.47. The van der Waals surface area contributed by atoms with E-state index < -0.39 is 5.91 Å². The van der Waals surface area contributed by atoms with Gasteiger partial charge in [0, 0.05) is 16.0 Å². The van der Waals surface area contributed by atoms with Crippen molar-refractivity contribution in [3.63, 3.8) is 0 Å². The lowest BCUT2D eigenvalue weighted by Gasteiger charge is -2.08. The summed E-state index contributed by atoms with van der Waals surface area (Å²) in [5, 5.41) is 9.47. The lowest BCUT2D eigenvalue weighted by molar-refractivity contribution is 0.101. The minimum Gasteiger partial charge on any atom is -0.267 e. The van der Waals surface area contributed by atoms with Gasteiger partial charge in [0.25, 0.3) is 11.5 Å². The molecule has 1 amide bonds. The fraction of sp³-hybridized carbons (Fsp3) is 0.0476. The number of amides is 1. The molecule has 0 saturated heterocycles. The highest BCUT2D eigenvalue weighted by molar-refractivity contribution is 7.19. The van der Waals surface area contributed by atoms with Crippen LogP contribution in [0.2, 0.25) is 0 Å². The summed E-state index contributed by atoms with van der Waals surface area (Å²) < 4.78 is 1.09. The summed E-state index contributed by atoms with van der Waals surface area (Å²) in [4.78, 5) is 31.6. The summed E-state index contributed by atoms with van der Waals surface area (Å²) in [6, 6.07) is 17.9. The highest BCUT2D eigenvalue weighted by Gasteiger charge is 2.18. The van der Waals surface area contributed by atoms with Crippen molar-refractivity contribution in [2.75, 3.05) is 5.43 Å². The zero-order valence-corrected chi connectivity index (χ0v) is 15.7. The van der Waals surface area contributed by atoms with Gasteiger partial charge in [0.2, 0.25) is 0 Å². The van der Waals surface area contributed by atoms with Crippen LogP contribution < -0.4 is 11.0 Å². The monoisotopic (exact) mass is 386 g/mol. The Bertz CT molecular complexity index is 1300. The smallest absolute Gasteiger partial charge is 0.267 e. The molecule has 0 aliphatic heterocycles. The van der Waals surface area contributed by atoms with Gasteiger partial charge >= 0.3 is 0 Å². The van der Waals surface area contributed by atoms with Crippen molar-refractivity contribution >= 4 is 27.5 Å². The summed E-state index contributed by atoms with van der Waals surface area (Å²) in [6.45, 7) is 1.95. The van der Waals surface area contributed by atoms with E-state index in [-0.39, 0.29) is 11.1 Å². The highest BCUT2D eigenvalue weighted by atomic mass is 32.1. The Morgan fingerprint density at radius 3 is 2.71 bits per heavy atom. The van der Waals surface area contributed by atoms with Crippen LogP contribution in [-0.4, -0.2) is 15.6 Å². The third-order valence-electron chi connectivity index (χ3n) is 4.33. The maximum absolute atomic E-state index is 13.1. The second-order valence-corrected chi connectivity index (χ2v) is 7.34. The van der Waals surface area contributed by atoms with Crippen molar-refractivity contribution in [2.45, 2.75) is 6.92 Å². The Balaban J connectivity index is 1.79. The van der Waals surface area contributed by atoms with E-state index in [1.807, 2.05) is 43.3 Å². The number of rotatable bonds is 3. The molecule has 0 saturated carbocycles. The molecule has 0 atom stereocenters. The number of nitrogens with zero attached hydrogens (tertiary/aromatic N) is 3. The van der Waals surface area contributed by atoms with E-state index in [4.69, 9.17) is 5.26 Å². The van der Waals surface area contributed by atoms with Gasteiger partial charge in [-0.25, -0.2) is 9.66 Å². The number of aromatic nitrogens is 2. The van der Waals surface area contributed by atoms with Gasteiger partial charge in [-0.05, 0) is 30.7 Å². The van der Waals surface area contributed by atoms with Crippen molar-refractivity contribution in [2.24, 2.45) is 0 Å². The fourth-order valence-electron chi connectivity index (χ4n) is 3.04. The molecule has 4 rings (SSSR count). The van der Waals surface area contributed by atoms with Gasteiger partial charge in [0.15, 0.2) is 0 Å². The Morgan fingerprint density at radius 2 is 1.96 bits per heavy atom. The molecule has 4 aromatic rings. The average molecular weight is 386 g/mol. The highest BCUT2D eigenvalue weighted by Crippen LogP contribution is 2.35. The molecular weight excluding hydrogens is 372 g/mol. The third kappa shape index (κ3) is 3.06. The molecule has 2 aromatic carbocycles. The number of thiophene rings is 1. The van der Waals surface area contributed by atoms with Crippen LogP contribution in [0.1, 0.15) is 20.8 Å². The molecule has 0 spiro atoms. The molecule has 0 radical (unpaired) electrons. The van der Waals surface area contributed by atoms with Crippen molar-refractivity contribution in [3.05, 3.63) is 87.3 Å². The zero-order chi connectivity index (χ0) is 19.7. The second-order valence-electron chi connectivity index (χ2n) is 6.13. The maximum atomic E-state index is 13.1. The number of hydrogen-bond acceptors (Lipinski definition) is 5.